The minimum absolute atomic E-state index is 0.199. The van der Waals surface area contributed by atoms with Gasteiger partial charge in [0.1, 0.15) is 5.75 Å². The van der Waals surface area contributed by atoms with Crippen LogP contribution in [0.5, 0.6) is 5.75 Å². The van der Waals surface area contributed by atoms with E-state index in [1.54, 1.807) is 73.5 Å². The lowest BCUT2D eigenvalue weighted by Crippen LogP contribution is -2.26. The number of rotatable bonds is 10. The molecule has 1 N–H and O–H groups in total. The van der Waals surface area contributed by atoms with Gasteiger partial charge in [0, 0.05) is 26.0 Å². The van der Waals surface area contributed by atoms with E-state index in [-0.39, 0.29) is 29.6 Å². The molecule has 0 aromatic heterocycles. The van der Waals surface area contributed by atoms with Gasteiger partial charge in [0.15, 0.2) is 6.61 Å². The summed E-state index contributed by atoms with van der Waals surface area (Å²) >= 11 is 6.05. The van der Waals surface area contributed by atoms with Crippen molar-refractivity contribution in [1.82, 2.24) is 4.90 Å². The number of carbonyl (C=O) groups excluding carboxylic acids is 3. The number of hydrogen-bond donors (Lipinski definition) is 1. The first-order chi connectivity index (χ1) is 16.8. The first-order valence-electron chi connectivity index (χ1n) is 10.9. The number of halogens is 1. The number of benzene rings is 2. The van der Waals surface area contributed by atoms with Crippen molar-refractivity contribution in [1.29, 1.82) is 0 Å². The van der Waals surface area contributed by atoms with Crippen LogP contribution in [0.15, 0.2) is 65.4 Å². The Balaban J connectivity index is 1.69. The highest BCUT2D eigenvalue weighted by Crippen LogP contribution is 2.32. The molecular formula is C26H27ClN2O6. The van der Waals surface area contributed by atoms with Gasteiger partial charge in [-0.05, 0) is 49.2 Å². The Morgan fingerprint density at radius 2 is 1.80 bits per heavy atom. The van der Waals surface area contributed by atoms with Crippen LogP contribution < -0.4 is 10.1 Å². The van der Waals surface area contributed by atoms with Gasteiger partial charge in [-0.2, -0.15) is 0 Å². The van der Waals surface area contributed by atoms with E-state index in [1.807, 2.05) is 0 Å². The van der Waals surface area contributed by atoms with E-state index in [4.69, 9.17) is 25.8 Å². The number of nitrogens with zero attached hydrogens (tertiary/aromatic N) is 1. The normalized spacial score (nSPS) is 14.5. The van der Waals surface area contributed by atoms with E-state index < -0.39 is 5.97 Å². The lowest BCUT2D eigenvalue weighted by Gasteiger charge is -2.17. The van der Waals surface area contributed by atoms with Crippen molar-refractivity contribution in [2.45, 2.75) is 13.3 Å². The predicted molar refractivity (Wildman–Crippen MR) is 133 cm³/mol. The van der Waals surface area contributed by atoms with Crippen molar-refractivity contribution in [3.05, 3.63) is 76.0 Å². The average molecular weight is 499 g/mol. The molecule has 8 nitrogen and oxygen atoms in total. The van der Waals surface area contributed by atoms with Crippen molar-refractivity contribution in [3.63, 3.8) is 0 Å². The lowest BCUT2D eigenvalue weighted by molar-refractivity contribution is -0.136. The number of para-hydroxylation sites is 1. The minimum Gasteiger partial charge on any atom is -0.484 e. The molecule has 2 amide bonds. The second-order valence-corrected chi connectivity index (χ2v) is 8.11. The molecule has 3 rings (SSSR count). The third kappa shape index (κ3) is 6.49. The largest absolute Gasteiger partial charge is 0.484 e. The van der Waals surface area contributed by atoms with Crippen molar-refractivity contribution >= 4 is 41.1 Å². The van der Waals surface area contributed by atoms with Crippen LogP contribution in [0.1, 0.15) is 18.9 Å². The number of carbonyl (C=O) groups is 3. The van der Waals surface area contributed by atoms with Crippen LogP contribution in [0.4, 0.5) is 5.69 Å². The molecule has 2 aromatic carbocycles. The summed E-state index contributed by atoms with van der Waals surface area (Å²) in [6, 6.07) is 13.8. The number of amides is 2. The Bertz CT molecular complexity index is 1160. The number of anilines is 1. The maximum absolute atomic E-state index is 13.1. The smallest absolute Gasteiger partial charge is 0.340 e. The standard InChI is InChI=1S/C26H27ClN2O6/c1-17-24(26(32)34-3)20(25(31)29(17)13-6-14-33-2)15-18-9-11-19(12-10-18)35-16-23(30)28-22-8-5-4-7-21(22)27/h4-5,7-12,15H,6,13-14,16H2,1-3H3,(H,28,30)/b20-15-. The summed E-state index contributed by atoms with van der Waals surface area (Å²) in [5, 5.41) is 3.13. The van der Waals surface area contributed by atoms with Gasteiger partial charge in [0.2, 0.25) is 0 Å². The summed E-state index contributed by atoms with van der Waals surface area (Å²) in [5.74, 6) is -0.713. The topological polar surface area (TPSA) is 94.2 Å². The Hall–Kier alpha value is -3.62. The van der Waals surface area contributed by atoms with Crippen molar-refractivity contribution in [3.8, 4) is 5.75 Å². The third-order valence-corrected chi connectivity index (χ3v) is 5.67. The third-order valence-electron chi connectivity index (χ3n) is 5.34. The van der Waals surface area contributed by atoms with Crippen LogP contribution in [-0.4, -0.2) is 56.7 Å². The van der Waals surface area contributed by atoms with Crippen LogP contribution in [0.25, 0.3) is 6.08 Å². The van der Waals surface area contributed by atoms with E-state index >= 15 is 0 Å². The molecule has 1 heterocycles. The Labute approximate surface area is 209 Å². The van der Waals surface area contributed by atoms with Crippen LogP contribution in [0.2, 0.25) is 5.02 Å². The number of hydrogen-bond acceptors (Lipinski definition) is 6. The monoisotopic (exact) mass is 498 g/mol. The van der Waals surface area contributed by atoms with Gasteiger partial charge in [-0.1, -0.05) is 35.9 Å². The zero-order valence-electron chi connectivity index (χ0n) is 19.8. The van der Waals surface area contributed by atoms with Crippen LogP contribution in [0, 0.1) is 0 Å². The van der Waals surface area contributed by atoms with Crippen LogP contribution >= 0.6 is 11.6 Å². The second kappa shape index (κ2) is 12.2. The molecule has 0 bridgehead atoms. The van der Waals surface area contributed by atoms with Gasteiger partial charge in [-0.3, -0.25) is 9.59 Å². The van der Waals surface area contributed by atoms with Gasteiger partial charge in [-0.25, -0.2) is 4.79 Å². The summed E-state index contributed by atoms with van der Waals surface area (Å²) < 4.78 is 15.5. The number of methoxy groups -OCH3 is 2. The molecule has 0 saturated heterocycles. The van der Waals surface area contributed by atoms with E-state index in [0.717, 1.165) is 0 Å². The minimum atomic E-state index is -0.569. The number of nitrogens with one attached hydrogen (secondary N) is 1. The molecule has 0 radical (unpaired) electrons. The van der Waals surface area contributed by atoms with Gasteiger partial charge in [0.25, 0.3) is 11.8 Å². The summed E-state index contributed by atoms with van der Waals surface area (Å²) in [7, 11) is 2.88. The maximum Gasteiger partial charge on any atom is 0.340 e. The van der Waals surface area contributed by atoms with Crippen LogP contribution in [0.3, 0.4) is 0 Å². The number of esters is 1. The molecule has 0 aliphatic carbocycles. The van der Waals surface area contributed by atoms with Gasteiger partial charge >= 0.3 is 5.97 Å². The quantitative estimate of drug-likeness (QED) is 0.301. The second-order valence-electron chi connectivity index (χ2n) is 7.70. The fourth-order valence-corrected chi connectivity index (χ4v) is 3.77. The van der Waals surface area contributed by atoms with E-state index in [9.17, 15) is 14.4 Å². The Kier molecular flexibility index (Phi) is 9.05. The summed E-state index contributed by atoms with van der Waals surface area (Å²) in [5.41, 5.74) is 2.25. The van der Waals surface area contributed by atoms with Crippen molar-refractivity contribution in [2.24, 2.45) is 0 Å². The molecule has 184 valence electrons. The first-order valence-corrected chi connectivity index (χ1v) is 11.3. The van der Waals surface area contributed by atoms with Gasteiger partial charge in [0.05, 0.1) is 29.0 Å². The highest BCUT2D eigenvalue weighted by atomic mass is 35.5. The summed E-state index contributed by atoms with van der Waals surface area (Å²) in [6.07, 6.45) is 2.28. The van der Waals surface area contributed by atoms with Crippen LogP contribution in [-0.2, 0) is 23.9 Å². The van der Waals surface area contributed by atoms with E-state index in [2.05, 4.69) is 5.32 Å². The SMILES string of the molecule is COCCCN1C(=O)/C(=C\c2ccc(OCC(=O)Nc3ccccc3Cl)cc2)C(C(=O)OC)=C1C. The molecule has 0 spiro atoms. The van der Waals surface area contributed by atoms with Gasteiger partial charge < -0.3 is 24.4 Å². The Morgan fingerprint density at radius 1 is 1.09 bits per heavy atom. The molecule has 0 unspecified atom stereocenters. The zero-order valence-corrected chi connectivity index (χ0v) is 20.6. The molecule has 9 heteroatoms. The predicted octanol–water partition coefficient (Wildman–Crippen LogP) is 4.07. The fraction of sp³-hybridized carbons (Fsp3) is 0.269. The molecule has 0 atom stereocenters. The summed E-state index contributed by atoms with van der Waals surface area (Å²) in [4.78, 5) is 39.2. The average Bonchev–Trinajstić information content (AvgIpc) is 3.08. The molecule has 35 heavy (non-hydrogen) atoms. The Morgan fingerprint density at radius 3 is 2.46 bits per heavy atom. The molecule has 0 saturated carbocycles. The molecule has 2 aromatic rings. The number of ether oxygens (including phenoxy) is 3. The fourth-order valence-electron chi connectivity index (χ4n) is 3.59. The highest BCUT2D eigenvalue weighted by Gasteiger charge is 2.36. The van der Waals surface area contributed by atoms with E-state index in [0.29, 0.717) is 47.3 Å². The lowest BCUT2D eigenvalue weighted by atomic mass is 10.0. The first kappa shape index (κ1) is 26.0. The maximum atomic E-state index is 13.1. The zero-order chi connectivity index (χ0) is 25.4. The molecule has 0 fully saturated rings. The van der Waals surface area contributed by atoms with E-state index in [1.165, 1.54) is 7.11 Å². The number of allylic oxidation sites excluding steroid dienone is 1. The molecular weight excluding hydrogens is 472 g/mol. The molecule has 1 aliphatic rings. The molecule has 1 aliphatic heterocycles. The summed E-state index contributed by atoms with van der Waals surface area (Å²) in [6.45, 7) is 2.46. The van der Waals surface area contributed by atoms with Crippen molar-refractivity contribution in [2.75, 3.05) is 39.3 Å². The van der Waals surface area contributed by atoms with Crippen molar-refractivity contribution < 1.29 is 28.6 Å². The van der Waals surface area contributed by atoms with Gasteiger partial charge in [-0.15, -0.1) is 0 Å². The highest BCUT2D eigenvalue weighted by molar-refractivity contribution is 6.33.